The lowest BCUT2D eigenvalue weighted by molar-refractivity contribution is 0.0857. The van der Waals surface area contributed by atoms with Crippen molar-refractivity contribution in [1.29, 1.82) is 0 Å². The lowest BCUT2D eigenvalue weighted by Gasteiger charge is -2.10. The molecule has 0 saturated carbocycles. The maximum Gasteiger partial charge on any atom is 0.158 e. The highest BCUT2D eigenvalue weighted by Gasteiger charge is 2.20. The zero-order valence-corrected chi connectivity index (χ0v) is 11.4. The third-order valence-electron chi connectivity index (χ3n) is 2.65. The van der Waals surface area contributed by atoms with Crippen LogP contribution < -0.4 is 4.74 Å². The molecule has 1 aromatic carbocycles. The SMILES string of the molecule is CCCCOc1ccc([C@H]2CC(Br)=NO2)cc1. The highest BCUT2D eigenvalue weighted by atomic mass is 79.9. The van der Waals surface area contributed by atoms with Crippen LogP contribution in [0, 0.1) is 0 Å². The summed E-state index contributed by atoms with van der Waals surface area (Å²) in [7, 11) is 0. The first-order chi connectivity index (χ1) is 8.29. The maximum absolute atomic E-state index is 5.61. The third kappa shape index (κ3) is 3.46. The number of unbranched alkanes of at least 4 members (excludes halogenated alkanes) is 1. The maximum atomic E-state index is 5.61. The van der Waals surface area contributed by atoms with Crippen molar-refractivity contribution >= 4 is 20.6 Å². The van der Waals surface area contributed by atoms with Gasteiger partial charge in [0.25, 0.3) is 0 Å². The molecule has 2 rings (SSSR count). The molecular weight excluding hydrogens is 282 g/mol. The quantitative estimate of drug-likeness (QED) is 0.768. The Hall–Kier alpha value is -1.03. The second kappa shape index (κ2) is 6.05. The largest absolute Gasteiger partial charge is 0.494 e. The van der Waals surface area contributed by atoms with Crippen molar-refractivity contribution in [2.75, 3.05) is 6.61 Å². The van der Waals surface area contributed by atoms with Gasteiger partial charge in [0, 0.05) is 6.42 Å². The van der Waals surface area contributed by atoms with Gasteiger partial charge in [-0.3, -0.25) is 0 Å². The second-order valence-electron chi connectivity index (χ2n) is 4.04. The van der Waals surface area contributed by atoms with E-state index in [2.05, 4.69) is 28.0 Å². The molecule has 0 radical (unpaired) electrons. The van der Waals surface area contributed by atoms with Crippen LogP contribution in [-0.4, -0.2) is 11.2 Å². The van der Waals surface area contributed by atoms with Crippen molar-refractivity contribution in [2.45, 2.75) is 32.3 Å². The van der Waals surface area contributed by atoms with Gasteiger partial charge in [-0.1, -0.05) is 30.6 Å². The summed E-state index contributed by atoms with van der Waals surface area (Å²) in [5.41, 5.74) is 1.13. The van der Waals surface area contributed by atoms with E-state index in [0.29, 0.717) is 0 Å². The number of oxime groups is 1. The van der Waals surface area contributed by atoms with E-state index in [9.17, 15) is 0 Å². The van der Waals surface area contributed by atoms with Crippen molar-refractivity contribution in [3.8, 4) is 5.75 Å². The van der Waals surface area contributed by atoms with Gasteiger partial charge in [0.15, 0.2) is 6.10 Å². The van der Waals surface area contributed by atoms with Crippen molar-refractivity contribution < 1.29 is 9.57 Å². The highest BCUT2D eigenvalue weighted by molar-refractivity contribution is 9.18. The molecule has 0 aromatic heterocycles. The molecule has 0 fully saturated rings. The Labute approximate surface area is 110 Å². The molecule has 0 unspecified atom stereocenters. The number of ether oxygens (including phenoxy) is 1. The van der Waals surface area contributed by atoms with E-state index >= 15 is 0 Å². The van der Waals surface area contributed by atoms with Gasteiger partial charge >= 0.3 is 0 Å². The van der Waals surface area contributed by atoms with Crippen LogP contribution in [0.5, 0.6) is 5.75 Å². The molecule has 0 N–H and O–H groups in total. The van der Waals surface area contributed by atoms with Crippen LogP contribution in [-0.2, 0) is 4.84 Å². The molecule has 17 heavy (non-hydrogen) atoms. The normalized spacial score (nSPS) is 18.7. The predicted molar refractivity (Wildman–Crippen MR) is 71.7 cm³/mol. The molecule has 1 aliphatic heterocycles. The summed E-state index contributed by atoms with van der Waals surface area (Å²) >= 11 is 3.33. The molecule has 1 aliphatic rings. The van der Waals surface area contributed by atoms with E-state index in [1.807, 2.05) is 24.3 Å². The Kier molecular flexibility index (Phi) is 4.42. The van der Waals surface area contributed by atoms with Gasteiger partial charge < -0.3 is 9.57 Å². The lowest BCUT2D eigenvalue weighted by atomic mass is 10.1. The van der Waals surface area contributed by atoms with Crippen LogP contribution >= 0.6 is 15.9 Å². The molecule has 0 amide bonds. The zero-order chi connectivity index (χ0) is 12.1. The van der Waals surface area contributed by atoms with Gasteiger partial charge in [0.05, 0.1) is 6.61 Å². The number of nitrogens with zero attached hydrogens (tertiary/aromatic N) is 1. The van der Waals surface area contributed by atoms with Crippen LogP contribution in [0.1, 0.15) is 37.9 Å². The Morgan fingerprint density at radius 2 is 2.18 bits per heavy atom. The van der Waals surface area contributed by atoms with Crippen LogP contribution in [0.2, 0.25) is 0 Å². The lowest BCUT2D eigenvalue weighted by Crippen LogP contribution is -1.99. The van der Waals surface area contributed by atoms with E-state index < -0.39 is 0 Å². The second-order valence-corrected chi connectivity index (χ2v) is 4.95. The summed E-state index contributed by atoms with van der Waals surface area (Å²) in [6.45, 7) is 2.94. The molecule has 3 nitrogen and oxygen atoms in total. The third-order valence-corrected chi connectivity index (χ3v) is 3.12. The van der Waals surface area contributed by atoms with E-state index in [1.165, 1.54) is 0 Å². The van der Waals surface area contributed by atoms with Gasteiger partial charge in [-0.2, -0.15) is 0 Å². The fraction of sp³-hybridized carbons (Fsp3) is 0.462. The highest BCUT2D eigenvalue weighted by Crippen LogP contribution is 2.29. The molecule has 0 bridgehead atoms. The van der Waals surface area contributed by atoms with Crippen molar-refractivity contribution in [1.82, 2.24) is 0 Å². The van der Waals surface area contributed by atoms with Crippen molar-refractivity contribution in [2.24, 2.45) is 5.16 Å². The minimum Gasteiger partial charge on any atom is -0.494 e. The molecule has 0 aliphatic carbocycles. The van der Waals surface area contributed by atoms with Crippen LogP contribution in [0.25, 0.3) is 0 Å². The van der Waals surface area contributed by atoms with Crippen molar-refractivity contribution in [3.63, 3.8) is 0 Å². The summed E-state index contributed by atoms with van der Waals surface area (Å²) in [6, 6.07) is 8.04. The summed E-state index contributed by atoms with van der Waals surface area (Å²) < 4.78 is 6.47. The Morgan fingerprint density at radius 3 is 2.76 bits per heavy atom. The predicted octanol–water partition coefficient (Wildman–Crippen LogP) is 4.04. The molecule has 1 heterocycles. The van der Waals surface area contributed by atoms with Gasteiger partial charge in [-0.25, -0.2) is 0 Å². The molecule has 0 saturated heterocycles. The minimum absolute atomic E-state index is 0.0362. The number of rotatable bonds is 5. The molecular formula is C13H16BrNO2. The Morgan fingerprint density at radius 1 is 1.41 bits per heavy atom. The fourth-order valence-corrected chi connectivity index (χ4v) is 2.02. The summed E-state index contributed by atoms with van der Waals surface area (Å²) in [5.74, 6) is 0.917. The zero-order valence-electron chi connectivity index (χ0n) is 9.86. The first-order valence-electron chi connectivity index (χ1n) is 5.90. The van der Waals surface area contributed by atoms with Gasteiger partial charge in [-0.05, 0) is 40.0 Å². The van der Waals surface area contributed by atoms with E-state index in [4.69, 9.17) is 9.57 Å². The molecule has 92 valence electrons. The average molecular weight is 298 g/mol. The van der Waals surface area contributed by atoms with Crippen LogP contribution in [0.4, 0.5) is 0 Å². The topological polar surface area (TPSA) is 30.8 Å². The number of benzene rings is 1. The van der Waals surface area contributed by atoms with Crippen LogP contribution in [0.3, 0.4) is 0 Å². The van der Waals surface area contributed by atoms with Gasteiger partial charge in [0.1, 0.15) is 10.4 Å². The van der Waals surface area contributed by atoms with Gasteiger partial charge in [0.2, 0.25) is 0 Å². The number of halogens is 1. The standard InChI is InChI=1S/C13H16BrNO2/c1-2-3-8-16-11-6-4-10(5-7-11)12-9-13(14)15-17-12/h4-7,12H,2-3,8-9H2,1H3/t12-/m1/s1. The summed E-state index contributed by atoms with van der Waals surface area (Å²) in [4.78, 5) is 5.29. The fourth-order valence-electron chi connectivity index (χ4n) is 1.64. The number of hydrogen-bond acceptors (Lipinski definition) is 3. The average Bonchev–Trinajstić information content (AvgIpc) is 2.77. The first kappa shape index (κ1) is 12.4. The minimum atomic E-state index is 0.0362. The smallest absolute Gasteiger partial charge is 0.158 e. The van der Waals surface area contributed by atoms with Crippen molar-refractivity contribution in [3.05, 3.63) is 29.8 Å². The summed E-state index contributed by atoms with van der Waals surface area (Å²) in [5, 5.41) is 3.88. The molecule has 1 aromatic rings. The van der Waals surface area contributed by atoms with Crippen LogP contribution in [0.15, 0.2) is 29.4 Å². The monoisotopic (exact) mass is 297 g/mol. The number of hydrogen-bond donors (Lipinski definition) is 0. The van der Waals surface area contributed by atoms with E-state index in [-0.39, 0.29) is 6.10 Å². The Balaban J connectivity index is 1.89. The van der Waals surface area contributed by atoms with E-state index in [0.717, 1.165) is 41.8 Å². The molecule has 0 spiro atoms. The Bertz CT molecular complexity index is 389. The molecule has 4 heteroatoms. The van der Waals surface area contributed by atoms with E-state index in [1.54, 1.807) is 0 Å². The first-order valence-corrected chi connectivity index (χ1v) is 6.70. The van der Waals surface area contributed by atoms with Gasteiger partial charge in [-0.15, -0.1) is 0 Å². The molecule has 1 atom stereocenters. The summed E-state index contributed by atoms with van der Waals surface area (Å²) in [6.07, 6.45) is 3.08.